The van der Waals surface area contributed by atoms with Crippen LogP contribution in [0.25, 0.3) is 0 Å². The number of nitrogens with one attached hydrogen (secondary N) is 1. The van der Waals surface area contributed by atoms with E-state index >= 15 is 0 Å². The summed E-state index contributed by atoms with van der Waals surface area (Å²) < 4.78 is 69.2. The van der Waals surface area contributed by atoms with Gasteiger partial charge in [-0.15, -0.1) is 13.2 Å². The van der Waals surface area contributed by atoms with Gasteiger partial charge in [-0.1, -0.05) is 30.3 Å². The Balaban J connectivity index is 1.90. The molecule has 0 fully saturated rings. The Morgan fingerprint density at radius 2 is 1.59 bits per heavy atom. The standard InChI is InChI=1S/C24H23F3N2O4S/c1-16-8-9-18(3)22(14-16)34(31,32)29(21-7-5-4-6-17(21)2)15-23(30)28-19-10-12-20(13-11-19)33-24(25,26)27/h4-14H,15H2,1-3H3,(H,28,30). The van der Waals surface area contributed by atoms with Crippen LogP contribution in [0.1, 0.15) is 16.7 Å². The van der Waals surface area contributed by atoms with Gasteiger partial charge in [0.1, 0.15) is 12.3 Å². The molecule has 0 aromatic heterocycles. The van der Waals surface area contributed by atoms with Gasteiger partial charge in [0.15, 0.2) is 0 Å². The first-order valence-electron chi connectivity index (χ1n) is 10.2. The van der Waals surface area contributed by atoms with E-state index < -0.39 is 34.6 Å². The Bertz CT molecular complexity index is 1290. The number of amides is 1. The van der Waals surface area contributed by atoms with Crippen molar-refractivity contribution in [1.29, 1.82) is 0 Å². The van der Waals surface area contributed by atoms with Crippen molar-refractivity contribution in [2.24, 2.45) is 0 Å². The molecule has 0 radical (unpaired) electrons. The minimum absolute atomic E-state index is 0.0807. The Kier molecular flexibility index (Phi) is 7.21. The predicted molar refractivity (Wildman–Crippen MR) is 123 cm³/mol. The van der Waals surface area contributed by atoms with Crippen molar-refractivity contribution in [3.05, 3.63) is 83.4 Å². The van der Waals surface area contributed by atoms with E-state index in [0.717, 1.165) is 22.0 Å². The van der Waals surface area contributed by atoms with Crippen LogP contribution in [0.2, 0.25) is 0 Å². The number of aryl methyl sites for hydroxylation is 3. The zero-order chi connectivity index (χ0) is 25.1. The number of ether oxygens (including phenoxy) is 1. The fourth-order valence-corrected chi connectivity index (χ4v) is 5.12. The molecule has 34 heavy (non-hydrogen) atoms. The molecular weight excluding hydrogens is 469 g/mol. The van der Waals surface area contributed by atoms with E-state index in [1.165, 1.54) is 12.1 Å². The molecule has 0 saturated carbocycles. The minimum atomic E-state index is -4.83. The normalized spacial score (nSPS) is 11.7. The Morgan fingerprint density at radius 3 is 2.21 bits per heavy atom. The zero-order valence-corrected chi connectivity index (χ0v) is 19.5. The SMILES string of the molecule is Cc1ccc(C)c(S(=O)(=O)N(CC(=O)Nc2ccc(OC(F)(F)F)cc2)c2ccccc2C)c1. The Hall–Kier alpha value is -3.53. The Morgan fingerprint density at radius 1 is 0.941 bits per heavy atom. The summed E-state index contributed by atoms with van der Waals surface area (Å²) in [6.07, 6.45) is -4.83. The zero-order valence-electron chi connectivity index (χ0n) is 18.7. The number of hydrogen-bond acceptors (Lipinski definition) is 4. The lowest BCUT2D eigenvalue weighted by Crippen LogP contribution is -2.38. The van der Waals surface area contributed by atoms with E-state index in [2.05, 4.69) is 10.1 Å². The molecule has 0 heterocycles. The second-order valence-electron chi connectivity index (χ2n) is 7.69. The number of para-hydroxylation sites is 1. The van der Waals surface area contributed by atoms with E-state index in [1.807, 2.05) is 0 Å². The van der Waals surface area contributed by atoms with Crippen molar-refractivity contribution < 1.29 is 31.1 Å². The number of anilines is 2. The van der Waals surface area contributed by atoms with Gasteiger partial charge in [-0.2, -0.15) is 0 Å². The van der Waals surface area contributed by atoms with E-state index in [0.29, 0.717) is 16.8 Å². The van der Waals surface area contributed by atoms with E-state index in [9.17, 15) is 26.4 Å². The summed E-state index contributed by atoms with van der Waals surface area (Å²) in [5.74, 6) is -1.11. The smallest absolute Gasteiger partial charge is 0.406 e. The first-order valence-corrected chi connectivity index (χ1v) is 11.6. The molecule has 0 saturated heterocycles. The fraction of sp³-hybridized carbons (Fsp3) is 0.208. The fourth-order valence-electron chi connectivity index (χ4n) is 3.32. The lowest BCUT2D eigenvalue weighted by atomic mass is 10.2. The molecule has 0 bridgehead atoms. The molecule has 3 aromatic carbocycles. The topological polar surface area (TPSA) is 75.7 Å². The monoisotopic (exact) mass is 492 g/mol. The molecule has 0 atom stereocenters. The van der Waals surface area contributed by atoms with Gasteiger partial charge in [0, 0.05) is 5.69 Å². The van der Waals surface area contributed by atoms with E-state index in [4.69, 9.17) is 0 Å². The number of hydrogen-bond donors (Lipinski definition) is 1. The van der Waals surface area contributed by atoms with Crippen LogP contribution in [0.15, 0.2) is 71.6 Å². The minimum Gasteiger partial charge on any atom is -0.406 e. The van der Waals surface area contributed by atoms with Crippen LogP contribution in [0.5, 0.6) is 5.75 Å². The van der Waals surface area contributed by atoms with Crippen LogP contribution in [-0.2, 0) is 14.8 Å². The maximum absolute atomic E-state index is 13.6. The van der Waals surface area contributed by atoms with Gasteiger partial charge < -0.3 is 10.1 Å². The lowest BCUT2D eigenvalue weighted by molar-refractivity contribution is -0.274. The van der Waals surface area contributed by atoms with Crippen molar-refractivity contribution in [2.45, 2.75) is 32.0 Å². The maximum Gasteiger partial charge on any atom is 0.573 e. The summed E-state index contributed by atoms with van der Waals surface area (Å²) in [6, 6.07) is 16.4. The summed E-state index contributed by atoms with van der Waals surface area (Å²) in [5, 5.41) is 2.52. The largest absolute Gasteiger partial charge is 0.573 e. The quantitative estimate of drug-likeness (QED) is 0.483. The molecule has 3 aromatic rings. The lowest BCUT2D eigenvalue weighted by Gasteiger charge is -2.26. The second kappa shape index (κ2) is 9.76. The average Bonchev–Trinajstić information content (AvgIpc) is 2.74. The number of halogens is 3. The van der Waals surface area contributed by atoms with Gasteiger partial charge in [-0.3, -0.25) is 9.10 Å². The molecule has 180 valence electrons. The number of carbonyl (C=O) groups excluding carboxylic acids is 1. The summed E-state index contributed by atoms with van der Waals surface area (Å²) in [7, 11) is -4.12. The van der Waals surface area contributed by atoms with E-state index in [1.54, 1.807) is 63.2 Å². The number of benzene rings is 3. The molecule has 6 nitrogen and oxygen atoms in total. The molecule has 3 rings (SSSR count). The van der Waals surface area contributed by atoms with Gasteiger partial charge in [0.05, 0.1) is 10.6 Å². The van der Waals surface area contributed by atoms with Crippen molar-refractivity contribution in [1.82, 2.24) is 0 Å². The van der Waals surface area contributed by atoms with Crippen LogP contribution in [0.4, 0.5) is 24.5 Å². The summed E-state index contributed by atoms with van der Waals surface area (Å²) in [4.78, 5) is 12.9. The first kappa shape index (κ1) is 25.1. The number of carbonyl (C=O) groups is 1. The van der Waals surface area contributed by atoms with Crippen molar-refractivity contribution in [3.63, 3.8) is 0 Å². The van der Waals surface area contributed by atoms with Gasteiger partial charge in [-0.05, 0) is 73.9 Å². The van der Waals surface area contributed by atoms with Crippen LogP contribution in [0, 0.1) is 20.8 Å². The molecule has 0 spiro atoms. The first-order chi connectivity index (χ1) is 15.9. The summed E-state index contributed by atoms with van der Waals surface area (Å²) >= 11 is 0. The highest BCUT2D eigenvalue weighted by molar-refractivity contribution is 7.93. The van der Waals surface area contributed by atoms with Crippen molar-refractivity contribution >= 4 is 27.3 Å². The Labute approximate surface area is 196 Å². The van der Waals surface area contributed by atoms with Crippen molar-refractivity contribution in [3.8, 4) is 5.75 Å². The van der Waals surface area contributed by atoms with Gasteiger partial charge in [-0.25, -0.2) is 8.42 Å². The molecule has 10 heteroatoms. The van der Waals surface area contributed by atoms with Crippen LogP contribution in [-0.4, -0.2) is 27.2 Å². The second-order valence-corrected chi connectivity index (χ2v) is 9.52. The predicted octanol–water partition coefficient (Wildman–Crippen LogP) is 5.34. The van der Waals surface area contributed by atoms with Crippen molar-refractivity contribution in [2.75, 3.05) is 16.2 Å². The molecule has 0 aliphatic heterocycles. The molecule has 1 amide bonds. The van der Waals surface area contributed by atoms with Gasteiger partial charge in [0.2, 0.25) is 5.91 Å². The third-order valence-corrected chi connectivity index (χ3v) is 6.86. The van der Waals surface area contributed by atoms with Gasteiger partial charge in [0.25, 0.3) is 10.0 Å². The summed E-state index contributed by atoms with van der Waals surface area (Å²) in [6.45, 7) is 4.64. The van der Waals surface area contributed by atoms with Crippen LogP contribution in [0.3, 0.4) is 0 Å². The highest BCUT2D eigenvalue weighted by Gasteiger charge is 2.31. The molecular formula is C24H23F3N2O4S. The highest BCUT2D eigenvalue weighted by atomic mass is 32.2. The third kappa shape index (κ3) is 6.07. The number of nitrogens with zero attached hydrogens (tertiary/aromatic N) is 1. The molecule has 1 N–H and O–H groups in total. The number of rotatable bonds is 7. The third-order valence-electron chi connectivity index (χ3n) is 4.95. The molecule has 0 aliphatic carbocycles. The molecule has 0 unspecified atom stereocenters. The number of alkyl halides is 3. The van der Waals surface area contributed by atoms with Gasteiger partial charge >= 0.3 is 6.36 Å². The molecule has 0 aliphatic rings. The summed E-state index contributed by atoms with van der Waals surface area (Å²) in [5.41, 5.74) is 2.46. The average molecular weight is 493 g/mol. The highest BCUT2D eigenvalue weighted by Crippen LogP contribution is 2.29. The van der Waals surface area contributed by atoms with Crippen LogP contribution < -0.4 is 14.4 Å². The maximum atomic E-state index is 13.6. The van der Waals surface area contributed by atoms with E-state index in [-0.39, 0.29) is 10.6 Å². The van der Waals surface area contributed by atoms with Crippen LogP contribution >= 0.6 is 0 Å². The number of sulfonamides is 1.